The van der Waals surface area contributed by atoms with Crippen LogP contribution < -0.4 is 0 Å². The summed E-state index contributed by atoms with van der Waals surface area (Å²) in [5.74, 6) is 1.05. The Morgan fingerprint density at radius 1 is 1.46 bits per heavy atom. The lowest BCUT2D eigenvalue weighted by molar-refractivity contribution is 0.104. The van der Waals surface area contributed by atoms with Gasteiger partial charge in [0.05, 0.1) is 5.84 Å². The molecule has 76 valence electrons. The number of halogens is 1. The van der Waals surface area contributed by atoms with Crippen LogP contribution in [0.15, 0.2) is 4.99 Å². The molecule has 0 aromatic rings. The van der Waals surface area contributed by atoms with Crippen LogP contribution in [0.3, 0.4) is 0 Å². The summed E-state index contributed by atoms with van der Waals surface area (Å²) >= 11 is 0. The number of likely N-dealkylation sites (tertiary alicyclic amines) is 1. The molecule has 0 radical (unpaired) electrons. The molecule has 0 spiro atoms. The molecular weight excluding hydrogens is 167 g/mol. The third kappa shape index (κ3) is 2.98. The lowest BCUT2D eigenvalue weighted by Gasteiger charge is -2.35. The standard InChI is InChI=1S/C10H19FN2/c1-4-12-9(2)13-7-5-10(3,11)6-8-13/h4-8H2,1-3H3. The molecular formula is C10H19FN2. The summed E-state index contributed by atoms with van der Waals surface area (Å²) in [4.78, 5) is 6.49. The van der Waals surface area contributed by atoms with Crippen LogP contribution in [0.1, 0.15) is 33.6 Å². The van der Waals surface area contributed by atoms with Crippen LogP contribution in [0, 0.1) is 0 Å². The number of rotatable bonds is 1. The van der Waals surface area contributed by atoms with Crippen molar-refractivity contribution >= 4 is 5.84 Å². The molecule has 0 bridgehead atoms. The summed E-state index contributed by atoms with van der Waals surface area (Å²) in [5, 5.41) is 0. The maximum atomic E-state index is 13.4. The van der Waals surface area contributed by atoms with E-state index < -0.39 is 5.67 Å². The zero-order chi connectivity index (χ0) is 9.90. The van der Waals surface area contributed by atoms with Gasteiger partial charge in [-0.3, -0.25) is 4.99 Å². The molecule has 1 fully saturated rings. The predicted octanol–water partition coefficient (Wildman–Crippen LogP) is 2.25. The molecule has 0 aromatic carbocycles. The number of hydrogen-bond donors (Lipinski definition) is 0. The van der Waals surface area contributed by atoms with Crippen molar-refractivity contribution < 1.29 is 4.39 Å². The Bertz CT molecular complexity index is 189. The fourth-order valence-electron chi connectivity index (χ4n) is 1.63. The second-order valence-corrected chi connectivity index (χ2v) is 3.92. The van der Waals surface area contributed by atoms with Crippen molar-refractivity contribution in [2.75, 3.05) is 19.6 Å². The molecule has 0 amide bonds. The number of piperidine rings is 1. The van der Waals surface area contributed by atoms with Gasteiger partial charge in [-0.15, -0.1) is 0 Å². The molecule has 1 saturated heterocycles. The van der Waals surface area contributed by atoms with Crippen LogP contribution in [0.25, 0.3) is 0 Å². The molecule has 0 atom stereocenters. The van der Waals surface area contributed by atoms with E-state index in [1.807, 2.05) is 13.8 Å². The number of amidine groups is 1. The first kappa shape index (κ1) is 10.5. The first-order valence-corrected chi connectivity index (χ1v) is 5.00. The molecule has 0 saturated carbocycles. The van der Waals surface area contributed by atoms with Gasteiger partial charge in [0.15, 0.2) is 0 Å². The molecule has 1 rings (SSSR count). The van der Waals surface area contributed by atoms with Gasteiger partial charge in [-0.25, -0.2) is 4.39 Å². The zero-order valence-corrected chi connectivity index (χ0v) is 8.81. The highest BCUT2D eigenvalue weighted by Gasteiger charge is 2.29. The first-order chi connectivity index (χ1) is 6.05. The summed E-state index contributed by atoms with van der Waals surface area (Å²) in [6.45, 7) is 8.15. The van der Waals surface area contributed by atoms with Crippen molar-refractivity contribution in [2.45, 2.75) is 39.3 Å². The Morgan fingerprint density at radius 2 is 2.00 bits per heavy atom. The maximum Gasteiger partial charge on any atom is 0.111 e. The molecule has 0 unspecified atom stereocenters. The van der Waals surface area contributed by atoms with Gasteiger partial charge in [-0.1, -0.05) is 0 Å². The summed E-state index contributed by atoms with van der Waals surface area (Å²) in [6.07, 6.45) is 1.26. The molecule has 1 aliphatic rings. The quantitative estimate of drug-likeness (QED) is 0.453. The smallest absolute Gasteiger partial charge is 0.111 e. The molecule has 0 N–H and O–H groups in total. The Hall–Kier alpha value is -0.600. The van der Waals surface area contributed by atoms with Crippen LogP contribution in [0.4, 0.5) is 4.39 Å². The minimum Gasteiger partial charge on any atom is -0.360 e. The van der Waals surface area contributed by atoms with Crippen molar-refractivity contribution in [3.8, 4) is 0 Å². The van der Waals surface area contributed by atoms with E-state index in [9.17, 15) is 4.39 Å². The summed E-state index contributed by atoms with van der Waals surface area (Å²) < 4.78 is 13.4. The summed E-state index contributed by atoms with van der Waals surface area (Å²) in [6, 6.07) is 0. The van der Waals surface area contributed by atoms with Crippen LogP contribution in [0.2, 0.25) is 0 Å². The van der Waals surface area contributed by atoms with E-state index in [1.54, 1.807) is 6.92 Å². The third-order valence-corrected chi connectivity index (χ3v) is 2.65. The molecule has 3 heteroatoms. The van der Waals surface area contributed by atoms with E-state index in [0.29, 0.717) is 12.8 Å². The highest BCUT2D eigenvalue weighted by atomic mass is 19.1. The fourth-order valence-corrected chi connectivity index (χ4v) is 1.63. The topological polar surface area (TPSA) is 15.6 Å². The fraction of sp³-hybridized carbons (Fsp3) is 0.900. The largest absolute Gasteiger partial charge is 0.360 e. The zero-order valence-electron chi connectivity index (χ0n) is 8.81. The number of aliphatic imine (C=N–C) groups is 1. The number of hydrogen-bond acceptors (Lipinski definition) is 1. The van der Waals surface area contributed by atoms with Crippen molar-refractivity contribution in [2.24, 2.45) is 4.99 Å². The van der Waals surface area contributed by atoms with Crippen molar-refractivity contribution in [3.05, 3.63) is 0 Å². The maximum absolute atomic E-state index is 13.4. The highest BCUT2D eigenvalue weighted by molar-refractivity contribution is 5.79. The van der Waals surface area contributed by atoms with E-state index in [2.05, 4.69) is 9.89 Å². The van der Waals surface area contributed by atoms with E-state index in [4.69, 9.17) is 0 Å². The van der Waals surface area contributed by atoms with E-state index in [0.717, 1.165) is 25.5 Å². The Labute approximate surface area is 79.8 Å². The van der Waals surface area contributed by atoms with Crippen molar-refractivity contribution in [1.29, 1.82) is 0 Å². The molecule has 0 aromatic heterocycles. The van der Waals surface area contributed by atoms with E-state index in [-0.39, 0.29) is 0 Å². The van der Waals surface area contributed by atoms with Gasteiger partial charge in [0.2, 0.25) is 0 Å². The van der Waals surface area contributed by atoms with Gasteiger partial charge in [0, 0.05) is 19.6 Å². The summed E-state index contributed by atoms with van der Waals surface area (Å²) in [7, 11) is 0. The van der Waals surface area contributed by atoms with E-state index in [1.165, 1.54) is 0 Å². The molecule has 1 aliphatic heterocycles. The lowest BCUT2D eigenvalue weighted by atomic mass is 9.96. The van der Waals surface area contributed by atoms with Crippen molar-refractivity contribution in [3.63, 3.8) is 0 Å². The van der Waals surface area contributed by atoms with Gasteiger partial charge < -0.3 is 4.90 Å². The highest BCUT2D eigenvalue weighted by Crippen LogP contribution is 2.25. The van der Waals surface area contributed by atoms with Gasteiger partial charge in [0.25, 0.3) is 0 Å². The van der Waals surface area contributed by atoms with Gasteiger partial charge >= 0.3 is 0 Å². The molecule has 0 aliphatic carbocycles. The third-order valence-electron chi connectivity index (χ3n) is 2.65. The normalized spacial score (nSPS) is 23.4. The van der Waals surface area contributed by atoms with Gasteiger partial charge in [-0.05, 0) is 33.6 Å². The van der Waals surface area contributed by atoms with Crippen LogP contribution >= 0.6 is 0 Å². The number of nitrogens with zero attached hydrogens (tertiary/aromatic N) is 2. The Morgan fingerprint density at radius 3 is 2.46 bits per heavy atom. The predicted molar refractivity (Wildman–Crippen MR) is 54.0 cm³/mol. The monoisotopic (exact) mass is 186 g/mol. The van der Waals surface area contributed by atoms with Crippen LogP contribution in [-0.4, -0.2) is 36.0 Å². The van der Waals surface area contributed by atoms with E-state index >= 15 is 0 Å². The lowest BCUT2D eigenvalue weighted by Crippen LogP contribution is -2.42. The first-order valence-electron chi connectivity index (χ1n) is 5.00. The Balaban J connectivity index is 2.45. The SMILES string of the molecule is CCN=C(C)N1CCC(C)(F)CC1. The van der Waals surface area contributed by atoms with Crippen LogP contribution in [-0.2, 0) is 0 Å². The molecule has 2 nitrogen and oxygen atoms in total. The second-order valence-electron chi connectivity index (χ2n) is 3.92. The second kappa shape index (κ2) is 4.07. The summed E-state index contributed by atoms with van der Waals surface area (Å²) in [5.41, 5.74) is -0.955. The number of alkyl halides is 1. The van der Waals surface area contributed by atoms with Crippen LogP contribution in [0.5, 0.6) is 0 Å². The van der Waals surface area contributed by atoms with Gasteiger partial charge in [-0.2, -0.15) is 0 Å². The molecule has 13 heavy (non-hydrogen) atoms. The van der Waals surface area contributed by atoms with Gasteiger partial charge in [0.1, 0.15) is 5.67 Å². The van der Waals surface area contributed by atoms with Crippen molar-refractivity contribution in [1.82, 2.24) is 4.90 Å². The minimum absolute atomic E-state index is 0.629. The average molecular weight is 186 g/mol. The minimum atomic E-state index is -0.955. The Kier molecular flexibility index (Phi) is 3.28. The molecule has 1 heterocycles. The average Bonchev–Trinajstić information content (AvgIpc) is 2.04.